The van der Waals surface area contributed by atoms with E-state index in [1.807, 2.05) is 0 Å². The molecule has 90 valence electrons. The van der Waals surface area contributed by atoms with Gasteiger partial charge in [-0.15, -0.1) is 0 Å². The Kier molecular flexibility index (Phi) is 6.81. The normalized spacial score (nSPS) is 10.4. The lowest BCUT2D eigenvalue weighted by atomic mass is 10.0. The first kappa shape index (κ1) is 13.8. The molecule has 1 aromatic carbocycles. The van der Waals surface area contributed by atoms with E-state index in [0.29, 0.717) is 0 Å². The van der Waals surface area contributed by atoms with Crippen LogP contribution in [0.3, 0.4) is 0 Å². The fourth-order valence-corrected chi connectivity index (χ4v) is 1.85. The van der Waals surface area contributed by atoms with Crippen LogP contribution in [0.4, 0.5) is 0 Å². The van der Waals surface area contributed by atoms with E-state index in [1.54, 1.807) is 0 Å². The fraction of sp³-hybridized carbons (Fsp3) is 0.538. The third-order valence-corrected chi connectivity index (χ3v) is 3.12. The quantitative estimate of drug-likeness (QED) is 0.560. The Bertz CT molecular complexity index is 313. The van der Waals surface area contributed by atoms with E-state index in [2.05, 4.69) is 50.4 Å². The molecule has 1 rings (SSSR count). The Balaban J connectivity index is 2.53. The van der Waals surface area contributed by atoms with Crippen LogP contribution >= 0.6 is 25.3 Å². The molecule has 0 unspecified atom stereocenters. The van der Waals surface area contributed by atoms with Gasteiger partial charge in [-0.25, -0.2) is 0 Å². The number of hydrogen-bond acceptors (Lipinski definition) is 3. The Morgan fingerprint density at radius 2 is 1.88 bits per heavy atom. The van der Waals surface area contributed by atoms with Gasteiger partial charge in [0.1, 0.15) is 5.75 Å². The van der Waals surface area contributed by atoms with Gasteiger partial charge in [0, 0.05) is 0 Å². The number of ether oxygens (including phenoxy) is 1. The number of rotatable bonds is 7. The minimum Gasteiger partial charge on any atom is -0.494 e. The zero-order chi connectivity index (χ0) is 11.8. The van der Waals surface area contributed by atoms with E-state index < -0.39 is 0 Å². The van der Waals surface area contributed by atoms with Crippen molar-refractivity contribution in [3.63, 3.8) is 0 Å². The molecule has 3 heteroatoms. The van der Waals surface area contributed by atoms with Crippen molar-refractivity contribution in [3.8, 4) is 5.75 Å². The first-order valence-corrected chi connectivity index (χ1v) is 6.98. The molecule has 1 nitrogen and oxygen atoms in total. The predicted molar refractivity (Wildman–Crippen MR) is 77.3 cm³/mol. The molecule has 16 heavy (non-hydrogen) atoms. The number of aryl methyl sites for hydroxylation is 2. The highest BCUT2D eigenvalue weighted by atomic mass is 32.1. The molecular formula is C13H20OS2. The third kappa shape index (κ3) is 4.71. The largest absolute Gasteiger partial charge is 0.494 e. The van der Waals surface area contributed by atoms with Gasteiger partial charge in [0.2, 0.25) is 0 Å². The summed E-state index contributed by atoms with van der Waals surface area (Å²) >= 11 is 8.39. The molecule has 0 radical (unpaired) electrons. The van der Waals surface area contributed by atoms with Gasteiger partial charge in [0.15, 0.2) is 0 Å². The molecule has 0 aliphatic heterocycles. The van der Waals surface area contributed by atoms with Crippen LogP contribution in [0, 0.1) is 6.92 Å². The lowest BCUT2D eigenvalue weighted by Gasteiger charge is -2.09. The molecule has 1 aromatic rings. The smallest absolute Gasteiger partial charge is 0.119 e. The summed E-state index contributed by atoms with van der Waals surface area (Å²) in [6.07, 6.45) is 3.22. The second kappa shape index (κ2) is 7.91. The Morgan fingerprint density at radius 1 is 1.12 bits per heavy atom. The average molecular weight is 256 g/mol. The number of thiol groups is 2. The third-order valence-electron chi connectivity index (χ3n) is 2.49. The molecule has 0 spiro atoms. The fourth-order valence-electron chi connectivity index (χ4n) is 1.56. The highest BCUT2D eigenvalue weighted by Gasteiger charge is 2.00. The number of hydrogen-bond donors (Lipinski definition) is 2. The summed E-state index contributed by atoms with van der Waals surface area (Å²) in [5, 5.41) is 0. The van der Waals surface area contributed by atoms with Gasteiger partial charge in [0.05, 0.1) is 6.61 Å². The SMILES string of the molecule is Cc1cc(OCCCS)ccc1CCCS. The Morgan fingerprint density at radius 3 is 2.50 bits per heavy atom. The van der Waals surface area contributed by atoms with Crippen LogP contribution in [0.2, 0.25) is 0 Å². The van der Waals surface area contributed by atoms with Crippen molar-refractivity contribution < 1.29 is 4.74 Å². The average Bonchev–Trinajstić information content (AvgIpc) is 2.28. The second-order valence-corrected chi connectivity index (χ2v) is 4.74. The van der Waals surface area contributed by atoms with Crippen molar-refractivity contribution in [1.82, 2.24) is 0 Å². The van der Waals surface area contributed by atoms with Crippen molar-refractivity contribution in [1.29, 1.82) is 0 Å². The molecule has 0 fully saturated rings. The van der Waals surface area contributed by atoms with Crippen molar-refractivity contribution in [2.75, 3.05) is 18.1 Å². The van der Waals surface area contributed by atoms with Crippen LogP contribution < -0.4 is 4.74 Å². The van der Waals surface area contributed by atoms with Crippen LogP contribution in [0.15, 0.2) is 18.2 Å². The molecular weight excluding hydrogens is 236 g/mol. The monoisotopic (exact) mass is 256 g/mol. The first-order valence-electron chi connectivity index (χ1n) is 5.72. The maximum Gasteiger partial charge on any atom is 0.119 e. The van der Waals surface area contributed by atoms with Gasteiger partial charge in [-0.2, -0.15) is 25.3 Å². The van der Waals surface area contributed by atoms with Crippen molar-refractivity contribution in [2.45, 2.75) is 26.2 Å². The maximum absolute atomic E-state index is 5.62. The standard InChI is InChI=1S/C13H20OS2/c1-11-10-13(14-7-3-9-16)6-5-12(11)4-2-8-15/h5-6,10,15-16H,2-4,7-9H2,1H3. The zero-order valence-electron chi connectivity index (χ0n) is 9.78. The summed E-state index contributed by atoms with van der Waals surface area (Å²) in [5.74, 6) is 2.78. The van der Waals surface area contributed by atoms with Crippen molar-refractivity contribution >= 4 is 25.3 Å². The highest BCUT2D eigenvalue weighted by Crippen LogP contribution is 2.18. The summed E-state index contributed by atoms with van der Waals surface area (Å²) < 4.78 is 5.62. The summed E-state index contributed by atoms with van der Waals surface area (Å²) in [7, 11) is 0. The van der Waals surface area contributed by atoms with Crippen LogP contribution in [0.5, 0.6) is 5.75 Å². The van der Waals surface area contributed by atoms with Gasteiger partial charge in [-0.1, -0.05) is 6.07 Å². The minimum absolute atomic E-state index is 0.749. The van der Waals surface area contributed by atoms with Crippen LogP contribution in [0.1, 0.15) is 24.0 Å². The molecule has 0 atom stereocenters. The van der Waals surface area contributed by atoms with Crippen molar-refractivity contribution in [3.05, 3.63) is 29.3 Å². The van der Waals surface area contributed by atoms with E-state index in [0.717, 1.165) is 43.1 Å². The van der Waals surface area contributed by atoms with Gasteiger partial charge >= 0.3 is 0 Å². The van der Waals surface area contributed by atoms with Gasteiger partial charge in [-0.3, -0.25) is 0 Å². The minimum atomic E-state index is 0.749. The molecule has 0 saturated carbocycles. The molecule has 0 heterocycles. The summed E-state index contributed by atoms with van der Waals surface area (Å²) in [5.41, 5.74) is 2.71. The zero-order valence-corrected chi connectivity index (χ0v) is 11.6. The van der Waals surface area contributed by atoms with E-state index in [4.69, 9.17) is 4.74 Å². The predicted octanol–water partition coefficient (Wildman–Crippen LogP) is 3.56. The summed E-state index contributed by atoms with van der Waals surface area (Å²) in [6, 6.07) is 6.33. The van der Waals surface area contributed by atoms with Gasteiger partial charge in [0.25, 0.3) is 0 Å². The number of benzene rings is 1. The van der Waals surface area contributed by atoms with E-state index in [-0.39, 0.29) is 0 Å². The lowest BCUT2D eigenvalue weighted by Crippen LogP contribution is -1.99. The van der Waals surface area contributed by atoms with E-state index in [1.165, 1.54) is 11.1 Å². The molecule has 0 saturated heterocycles. The molecule has 0 aliphatic rings. The summed E-state index contributed by atoms with van der Waals surface area (Å²) in [6.45, 7) is 2.89. The first-order chi connectivity index (χ1) is 7.77. The Hall–Kier alpha value is -0.280. The van der Waals surface area contributed by atoms with Crippen molar-refractivity contribution in [2.24, 2.45) is 0 Å². The van der Waals surface area contributed by atoms with Gasteiger partial charge in [-0.05, 0) is 61.0 Å². The molecule has 0 bridgehead atoms. The van der Waals surface area contributed by atoms with Gasteiger partial charge < -0.3 is 4.74 Å². The van der Waals surface area contributed by atoms with E-state index >= 15 is 0 Å². The maximum atomic E-state index is 5.62. The highest BCUT2D eigenvalue weighted by molar-refractivity contribution is 7.80. The molecule has 0 amide bonds. The van der Waals surface area contributed by atoms with Crippen LogP contribution in [-0.2, 0) is 6.42 Å². The van der Waals surface area contributed by atoms with Crippen LogP contribution in [0.25, 0.3) is 0 Å². The molecule has 0 aromatic heterocycles. The lowest BCUT2D eigenvalue weighted by molar-refractivity contribution is 0.318. The summed E-state index contributed by atoms with van der Waals surface area (Å²) in [4.78, 5) is 0. The van der Waals surface area contributed by atoms with E-state index in [9.17, 15) is 0 Å². The Labute approximate surface area is 109 Å². The molecule has 0 N–H and O–H groups in total. The van der Waals surface area contributed by atoms with Crippen LogP contribution in [-0.4, -0.2) is 18.1 Å². The second-order valence-electron chi connectivity index (χ2n) is 3.84. The molecule has 0 aliphatic carbocycles. The topological polar surface area (TPSA) is 9.23 Å².